The Labute approximate surface area is 84.9 Å². The summed E-state index contributed by atoms with van der Waals surface area (Å²) in [7, 11) is 3.68. The number of rotatable bonds is 4. The van der Waals surface area contributed by atoms with Crippen molar-refractivity contribution in [2.24, 2.45) is 7.05 Å². The maximum atomic E-state index is 9.77. The van der Waals surface area contributed by atoms with Crippen molar-refractivity contribution in [1.29, 1.82) is 0 Å². The Hall–Kier alpha value is -0.870. The first-order valence-electron chi connectivity index (χ1n) is 4.92. The van der Waals surface area contributed by atoms with Gasteiger partial charge < -0.3 is 10.4 Å². The Bertz CT molecular complexity index is 294. The molecule has 0 aliphatic rings. The highest BCUT2D eigenvalue weighted by Crippen LogP contribution is 2.18. The zero-order valence-corrected chi connectivity index (χ0v) is 9.28. The Kier molecular flexibility index (Phi) is 3.66. The van der Waals surface area contributed by atoms with Crippen molar-refractivity contribution in [2.45, 2.75) is 25.9 Å². The molecular formula is C10H19N3O. The molecule has 4 nitrogen and oxygen atoms in total. The number of aromatic nitrogens is 2. The van der Waals surface area contributed by atoms with Crippen molar-refractivity contribution >= 4 is 0 Å². The van der Waals surface area contributed by atoms with Crippen molar-refractivity contribution < 1.29 is 5.11 Å². The van der Waals surface area contributed by atoms with Gasteiger partial charge in [0.05, 0.1) is 11.4 Å². The summed E-state index contributed by atoms with van der Waals surface area (Å²) in [6.07, 6.45) is -0.481. The molecule has 2 N–H and O–H groups in total. The fourth-order valence-corrected chi connectivity index (χ4v) is 1.40. The molecule has 80 valence electrons. The molecule has 1 unspecified atom stereocenters. The Morgan fingerprint density at radius 2 is 2.21 bits per heavy atom. The maximum Gasteiger partial charge on any atom is 0.108 e. The summed E-state index contributed by atoms with van der Waals surface area (Å²) in [5.41, 5.74) is 1.89. The first kappa shape index (κ1) is 11.2. The van der Waals surface area contributed by atoms with Gasteiger partial charge in [0, 0.05) is 13.6 Å². The van der Waals surface area contributed by atoms with Crippen molar-refractivity contribution in [1.82, 2.24) is 15.1 Å². The van der Waals surface area contributed by atoms with Crippen molar-refractivity contribution in [3.05, 3.63) is 17.5 Å². The summed E-state index contributed by atoms with van der Waals surface area (Å²) in [5, 5.41) is 17.1. The highest BCUT2D eigenvalue weighted by Gasteiger charge is 2.14. The molecule has 0 aromatic carbocycles. The van der Waals surface area contributed by atoms with Crippen LogP contribution in [0.2, 0.25) is 0 Å². The van der Waals surface area contributed by atoms with Crippen molar-refractivity contribution in [3.8, 4) is 0 Å². The highest BCUT2D eigenvalue weighted by molar-refractivity contribution is 5.15. The van der Waals surface area contributed by atoms with Crippen LogP contribution >= 0.6 is 0 Å². The molecule has 1 rings (SSSR count). The Morgan fingerprint density at radius 3 is 2.64 bits per heavy atom. The number of aliphatic hydroxyl groups excluding tert-OH is 1. The van der Waals surface area contributed by atoms with Gasteiger partial charge in [0.25, 0.3) is 0 Å². The lowest BCUT2D eigenvalue weighted by Crippen LogP contribution is -2.18. The molecule has 0 amide bonds. The summed E-state index contributed by atoms with van der Waals surface area (Å²) in [6, 6.07) is 1.96. The van der Waals surface area contributed by atoms with Crippen LogP contribution in [-0.4, -0.2) is 28.5 Å². The van der Waals surface area contributed by atoms with E-state index in [1.165, 1.54) is 0 Å². The average Bonchev–Trinajstić information content (AvgIpc) is 2.48. The monoisotopic (exact) mass is 197 g/mol. The first-order chi connectivity index (χ1) is 6.56. The molecule has 14 heavy (non-hydrogen) atoms. The van der Waals surface area contributed by atoms with Gasteiger partial charge in [0.15, 0.2) is 0 Å². The van der Waals surface area contributed by atoms with Gasteiger partial charge in [-0.15, -0.1) is 0 Å². The van der Waals surface area contributed by atoms with E-state index >= 15 is 0 Å². The second-order valence-corrected chi connectivity index (χ2v) is 3.85. The van der Waals surface area contributed by atoms with E-state index in [0.29, 0.717) is 12.5 Å². The van der Waals surface area contributed by atoms with Gasteiger partial charge in [0.2, 0.25) is 0 Å². The van der Waals surface area contributed by atoms with Crippen LogP contribution in [0, 0.1) is 0 Å². The standard InChI is InChI=1S/C10H19N3O/c1-7(2)8-5-9(13(4)12-8)10(14)6-11-3/h5,7,10-11,14H,6H2,1-4H3. The minimum Gasteiger partial charge on any atom is -0.385 e. The van der Waals surface area contributed by atoms with Gasteiger partial charge in [-0.3, -0.25) is 4.68 Å². The van der Waals surface area contributed by atoms with E-state index < -0.39 is 6.10 Å². The van der Waals surface area contributed by atoms with Crippen LogP contribution in [0.4, 0.5) is 0 Å². The number of hydrogen-bond donors (Lipinski definition) is 2. The van der Waals surface area contributed by atoms with E-state index in [4.69, 9.17) is 0 Å². The zero-order chi connectivity index (χ0) is 10.7. The summed E-state index contributed by atoms with van der Waals surface area (Å²) in [5.74, 6) is 0.400. The van der Waals surface area contributed by atoms with E-state index in [9.17, 15) is 5.11 Å². The molecule has 4 heteroatoms. The number of aryl methyl sites for hydroxylation is 1. The third-order valence-electron chi connectivity index (χ3n) is 2.27. The van der Waals surface area contributed by atoms with Gasteiger partial charge in [-0.25, -0.2) is 0 Å². The second kappa shape index (κ2) is 4.57. The third-order valence-corrected chi connectivity index (χ3v) is 2.27. The smallest absolute Gasteiger partial charge is 0.108 e. The number of nitrogens with one attached hydrogen (secondary N) is 1. The van der Waals surface area contributed by atoms with E-state index in [0.717, 1.165) is 11.4 Å². The fourth-order valence-electron chi connectivity index (χ4n) is 1.40. The lowest BCUT2D eigenvalue weighted by molar-refractivity contribution is 0.168. The molecule has 0 saturated heterocycles. The zero-order valence-electron chi connectivity index (χ0n) is 9.28. The summed E-state index contributed by atoms with van der Waals surface area (Å²) in [4.78, 5) is 0. The van der Waals surface area contributed by atoms with Gasteiger partial charge in [0.1, 0.15) is 6.10 Å². The van der Waals surface area contributed by atoms with Crippen LogP contribution in [0.25, 0.3) is 0 Å². The van der Waals surface area contributed by atoms with Gasteiger partial charge in [-0.2, -0.15) is 5.10 Å². The number of aliphatic hydroxyl groups is 1. The third kappa shape index (κ3) is 2.33. The molecule has 0 aliphatic heterocycles. The highest BCUT2D eigenvalue weighted by atomic mass is 16.3. The van der Waals surface area contributed by atoms with Gasteiger partial charge in [-0.05, 0) is 19.0 Å². The number of nitrogens with zero attached hydrogens (tertiary/aromatic N) is 2. The quantitative estimate of drug-likeness (QED) is 0.750. The summed E-state index contributed by atoms with van der Waals surface area (Å²) in [6.45, 7) is 4.74. The SMILES string of the molecule is CNCC(O)c1cc(C(C)C)nn1C. The van der Waals surface area contributed by atoms with Crippen molar-refractivity contribution in [3.63, 3.8) is 0 Å². The fraction of sp³-hybridized carbons (Fsp3) is 0.700. The van der Waals surface area contributed by atoms with E-state index in [1.807, 2.05) is 20.2 Å². The van der Waals surface area contributed by atoms with Crippen LogP contribution in [0.3, 0.4) is 0 Å². The normalized spacial score (nSPS) is 13.6. The molecule has 1 atom stereocenters. The van der Waals surface area contributed by atoms with E-state index in [-0.39, 0.29) is 0 Å². The summed E-state index contributed by atoms with van der Waals surface area (Å²) < 4.78 is 1.75. The average molecular weight is 197 g/mol. The van der Waals surface area contributed by atoms with Crippen LogP contribution in [0.1, 0.15) is 37.3 Å². The first-order valence-corrected chi connectivity index (χ1v) is 4.92. The van der Waals surface area contributed by atoms with Gasteiger partial charge >= 0.3 is 0 Å². The molecule has 1 aromatic rings. The topological polar surface area (TPSA) is 50.1 Å². The van der Waals surface area contributed by atoms with Crippen LogP contribution in [0.5, 0.6) is 0 Å². The second-order valence-electron chi connectivity index (χ2n) is 3.85. The van der Waals surface area contributed by atoms with Gasteiger partial charge in [-0.1, -0.05) is 13.8 Å². The predicted molar refractivity (Wildman–Crippen MR) is 56.2 cm³/mol. The molecule has 1 heterocycles. The van der Waals surface area contributed by atoms with Crippen LogP contribution in [-0.2, 0) is 7.05 Å². The molecule has 0 spiro atoms. The Balaban J connectivity index is 2.86. The molecule has 0 saturated carbocycles. The largest absolute Gasteiger partial charge is 0.385 e. The van der Waals surface area contributed by atoms with E-state index in [2.05, 4.69) is 24.3 Å². The number of hydrogen-bond acceptors (Lipinski definition) is 3. The van der Waals surface area contributed by atoms with Crippen molar-refractivity contribution in [2.75, 3.05) is 13.6 Å². The molecule has 0 bridgehead atoms. The summed E-state index contributed by atoms with van der Waals surface area (Å²) >= 11 is 0. The minimum absolute atomic E-state index is 0.400. The lowest BCUT2D eigenvalue weighted by atomic mass is 10.1. The number of likely N-dealkylation sites (N-methyl/N-ethyl adjacent to an activating group) is 1. The lowest BCUT2D eigenvalue weighted by Gasteiger charge is -2.09. The molecule has 0 aliphatic carbocycles. The molecular weight excluding hydrogens is 178 g/mol. The molecule has 0 radical (unpaired) electrons. The van der Waals surface area contributed by atoms with Crippen LogP contribution in [0.15, 0.2) is 6.07 Å². The van der Waals surface area contributed by atoms with E-state index in [1.54, 1.807) is 4.68 Å². The predicted octanol–water partition coefficient (Wildman–Crippen LogP) is 0.796. The molecule has 1 aromatic heterocycles. The van der Waals surface area contributed by atoms with Crippen LogP contribution < -0.4 is 5.32 Å². The minimum atomic E-state index is -0.481. The maximum absolute atomic E-state index is 9.77. The molecule has 0 fully saturated rings. The Morgan fingerprint density at radius 1 is 1.57 bits per heavy atom.